The number of halogens is 1. The Kier molecular flexibility index (Phi) is 7.40. The van der Waals surface area contributed by atoms with Crippen LogP contribution in [0.25, 0.3) is 0 Å². The van der Waals surface area contributed by atoms with Gasteiger partial charge in [-0.05, 0) is 37.1 Å². The zero-order chi connectivity index (χ0) is 25.8. The van der Waals surface area contributed by atoms with Gasteiger partial charge < -0.3 is 14.4 Å². The molecule has 192 valence electrons. The number of amidine groups is 1. The van der Waals surface area contributed by atoms with Crippen molar-refractivity contribution in [3.05, 3.63) is 89.7 Å². The molecule has 6 nitrogen and oxygen atoms in total. The summed E-state index contributed by atoms with van der Waals surface area (Å²) in [4.78, 5) is 15.1. The van der Waals surface area contributed by atoms with Gasteiger partial charge in [0.15, 0.2) is 29.3 Å². The Labute approximate surface area is 217 Å². The van der Waals surface area contributed by atoms with Gasteiger partial charge in [0.2, 0.25) is 0 Å². The van der Waals surface area contributed by atoms with E-state index >= 15 is 0 Å². The van der Waals surface area contributed by atoms with Crippen LogP contribution in [0.5, 0.6) is 11.5 Å². The second-order valence-corrected chi connectivity index (χ2v) is 9.49. The van der Waals surface area contributed by atoms with Crippen LogP contribution in [0, 0.1) is 5.82 Å². The Morgan fingerprint density at radius 2 is 1.70 bits per heavy atom. The Bertz CT molecular complexity index is 1270. The molecule has 0 aromatic heterocycles. The van der Waals surface area contributed by atoms with Gasteiger partial charge in [-0.2, -0.15) is 0 Å². The molecule has 0 unspecified atom stereocenters. The van der Waals surface area contributed by atoms with Gasteiger partial charge in [-0.15, -0.1) is 5.10 Å². The number of nitrogens with zero attached hydrogens (tertiary/aromatic N) is 3. The summed E-state index contributed by atoms with van der Waals surface area (Å²) in [7, 11) is 1.59. The van der Waals surface area contributed by atoms with E-state index in [-0.39, 0.29) is 24.2 Å². The predicted octanol–water partition coefficient (Wildman–Crippen LogP) is 6.47. The SMILES string of the molecule is COc1cccc([C@H]2N(c3ccccc3)N=C(C(C)=O)N2C2CCCCC2)c1OCc1ccccc1F. The van der Waals surface area contributed by atoms with Crippen LogP contribution in [0.3, 0.4) is 0 Å². The first-order valence-electron chi connectivity index (χ1n) is 12.8. The molecular formula is C30H32FN3O3. The second-order valence-electron chi connectivity index (χ2n) is 9.49. The molecule has 0 radical (unpaired) electrons. The molecule has 1 saturated carbocycles. The smallest absolute Gasteiger partial charge is 0.196 e. The maximum atomic E-state index is 14.4. The Hall–Kier alpha value is -3.87. The van der Waals surface area contributed by atoms with Gasteiger partial charge in [-0.25, -0.2) is 9.40 Å². The number of benzene rings is 3. The lowest BCUT2D eigenvalue weighted by molar-refractivity contribution is -0.111. The summed E-state index contributed by atoms with van der Waals surface area (Å²) in [5.41, 5.74) is 2.13. The molecule has 0 bridgehead atoms. The van der Waals surface area contributed by atoms with Crippen LogP contribution in [0.2, 0.25) is 0 Å². The number of hydrazone groups is 1. The number of carbonyl (C=O) groups excluding carboxylic acids is 1. The minimum absolute atomic E-state index is 0.0436. The average molecular weight is 502 g/mol. The molecule has 0 N–H and O–H groups in total. The fourth-order valence-electron chi connectivity index (χ4n) is 5.30. The first-order chi connectivity index (χ1) is 18.1. The van der Waals surface area contributed by atoms with Crippen LogP contribution >= 0.6 is 0 Å². The maximum Gasteiger partial charge on any atom is 0.196 e. The van der Waals surface area contributed by atoms with Crippen LogP contribution in [0.4, 0.5) is 10.1 Å². The second kappa shape index (κ2) is 11.0. The van der Waals surface area contributed by atoms with E-state index in [2.05, 4.69) is 4.90 Å². The summed E-state index contributed by atoms with van der Waals surface area (Å²) in [6.45, 7) is 1.61. The highest BCUT2D eigenvalue weighted by atomic mass is 19.1. The lowest BCUT2D eigenvalue weighted by Gasteiger charge is -2.39. The monoisotopic (exact) mass is 501 g/mol. The van der Waals surface area contributed by atoms with E-state index in [0.29, 0.717) is 22.9 Å². The largest absolute Gasteiger partial charge is 0.493 e. The number of ketones is 1. The number of methoxy groups -OCH3 is 1. The number of Topliss-reactive ketones (excluding diaryl/α,β-unsaturated/α-hetero) is 1. The van der Waals surface area contributed by atoms with Crippen molar-refractivity contribution in [3.63, 3.8) is 0 Å². The summed E-state index contributed by atoms with van der Waals surface area (Å²) in [6.07, 6.45) is 4.97. The fraction of sp³-hybridized carbons (Fsp3) is 0.333. The lowest BCUT2D eigenvalue weighted by Crippen LogP contribution is -2.45. The van der Waals surface area contributed by atoms with Gasteiger partial charge in [-0.1, -0.05) is 67.8 Å². The number of anilines is 1. The molecule has 1 fully saturated rings. The molecule has 37 heavy (non-hydrogen) atoms. The Morgan fingerprint density at radius 1 is 0.973 bits per heavy atom. The Balaban J connectivity index is 1.62. The van der Waals surface area contributed by atoms with Gasteiger partial charge in [0.25, 0.3) is 0 Å². The standard InChI is InChI=1S/C30H32FN3O3/c1-21(35)29-32-34(24-15-7-4-8-16-24)30(33(29)23-13-5-3-6-14-23)25-17-11-19-27(36-2)28(25)37-20-22-12-9-10-18-26(22)31/h4,7-12,15-19,23,30H,3,5-6,13-14,20H2,1-2H3/t30-/m1/s1. The summed E-state index contributed by atoms with van der Waals surface area (Å²) in [6, 6.07) is 22.3. The van der Waals surface area contributed by atoms with Crippen LogP contribution < -0.4 is 14.5 Å². The molecule has 0 saturated heterocycles. The van der Waals surface area contributed by atoms with Crippen molar-refractivity contribution in [2.75, 3.05) is 12.1 Å². The molecule has 2 aliphatic rings. The van der Waals surface area contributed by atoms with Crippen molar-refractivity contribution >= 4 is 17.3 Å². The van der Waals surface area contributed by atoms with E-state index in [1.807, 2.05) is 53.5 Å². The van der Waals surface area contributed by atoms with Crippen molar-refractivity contribution < 1.29 is 18.7 Å². The van der Waals surface area contributed by atoms with Gasteiger partial charge in [0.05, 0.1) is 12.8 Å². The van der Waals surface area contributed by atoms with Crippen molar-refractivity contribution in [1.29, 1.82) is 0 Å². The van der Waals surface area contributed by atoms with Crippen molar-refractivity contribution in [1.82, 2.24) is 4.90 Å². The molecule has 7 heteroatoms. The quantitative estimate of drug-likeness (QED) is 0.354. The van der Waals surface area contributed by atoms with Gasteiger partial charge in [-0.3, -0.25) is 4.79 Å². The van der Waals surface area contributed by atoms with E-state index in [1.54, 1.807) is 32.2 Å². The number of para-hydroxylation sites is 2. The number of carbonyl (C=O) groups is 1. The molecule has 0 amide bonds. The summed E-state index contributed by atoms with van der Waals surface area (Å²) < 4.78 is 26.4. The van der Waals surface area contributed by atoms with Crippen LogP contribution in [0.15, 0.2) is 77.9 Å². The molecule has 1 aliphatic carbocycles. The summed E-state index contributed by atoms with van der Waals surface area (Å²) >= 11 is 0. The molecule has 1 aliphatic heterocycles. The molecular weight excluding hydrogens is 469 g/mol. The molecule has 3 aromatic rings. The third-order valence-corrected chi connectivity index (χ3v) is 7.08. The lowest BCUT2D eigenvalue weighted by atomic mass is 9.92. The molecule has 1 heterocycles. The van der Waals surface area contributed by atoms with E-state index in [0.717, 1.165) is 36.9 Å². The van der Waals surface area contributed by atoms with E-state index in [1.165, 1.54) is 12.5 Å². The van der Waals surface area contributed by atoms with Crippen molar-refractivity contribution in [2.24, 2.45) is 5.10 Å². The highest BCUT2D eigenvalue weighted by Crippen LogP contribution is 2.45. The maximum absolute atomic E-state index is 14.4. The highest BCUT2D eigenvalue weighted by Gasteiger charge is 2.43. The zero-order valence-corrected chi connectivity index (χ0v) is 21.3. The fourth-order valence-corrected chi connectivity index (χ4v) is 5.30. The number of ether oxygens (including phenoxy) is 2. The molecule has 5 rings (SSSR count). The van der Waals surface area contributed by atoms with E-state index in [9.17, 15) is 9.18 Å². The van der Waals surface area contributed by atoms with Crippen LogP contribution in [-0.4, -0.2) is 29.7 Å². The number of rotatable bonds is 8. The minimum Gasteiger partial charge on any atom is -0.493 e. The van der Waals surface area contributed by atoms with Gasteiger partial charge in [0.1, 0.15) is 12.4 Å². The molecule has 1 atom stereocenters. The number of hydrogen-bond acceptors (Lipinski definition) is 6. The van der Waals surface area contributed by atoms with Crippen molar-refractivity contribution in [2.45, 2.75) is 57.8 Å². The average Bonchev–Trinajstić information content (AvgIpc) is 3.34. The molecule has 0 spiro atoms. The topological polar surface area (TPSA) is 54.4 Å². The van der Waals surface area contributed by atoms with Crippen molar-refractivity contribution in [3.8, 4) is 11.5 Å². The van der Waals surface area contributed by atoms with Gasteiger partial charge in [0, 0.05) is 24.1 Å². The zero-order valence-electron chi connectivity index (χ0n) is 21.3. The Morgan fingerprint density at radius 3 is 2.41 bits per heavy atom. The van der Waals surface area contributed by atoms with Crippen LogP contribution in [0.1, 0.15) is 56.3 Å². The van der Waals surface area contributed by atoms with Crippen LogP contribution in [-0.2, 0) is 11.4 Å². The first kappa shape index (κ1) is 24.8. The normalized spacial score (nSPS) is 18.0. The van der Waals surface area contributed by atoms with E-state index in [4.69, 9.17) is 14.6 Å². The summed E-state index contributed by atoms with van der Waals surface area (Å²) in [5.74, 6) is 1.10. The first-order valence-corrected chi connectivity index (χ1v) is 12.8. The third kappa shape index (κ3) is 5.03. The molecule has 3 aromatic carbocycles. The third-order valence-electron chi connectivity index (χ3n) is 7.08. The summed E-state index contributed by atoms with van der Waals surface area (Å²) in [5, 5.41) is 6.77. The minimum atomic E-state index is -0.421. The number of hydrogen-bond donors (Lipinski definition) is 0. The van der Waals surface area contributed by atoms with Gasteiger partial charge >= 0.3 is 0 Å². The predicted molar refractivity (Wildman–Crippen MR) is 142 cm³/mol. The highest BCUT2D eigenvalue weighted by molar-refractivity contribution is 6.38. The van der Waals surface area contributed by atoms with E-state index < -0.39 is 6.17 Å².